The molecule has 11 heteroatoms. The molecule has 1 aliphatic heterocycles. The van der Waals surface area contributed by atoms with Gasteiger partial charge in [-0.15, -0.1) is 22.7 Å². The van der Waals surface area contributed by atoms with E-state index in [2.05, 4.69) is 31.9 Å². The molecule has 6 nitrogen and oxygen atoms in total. The third-order valence-electron chi connectivity index (χ3n) is 4.22. The van der Waals surface area contributed by atoms with Crippen molar-refractivity contribution in [2.24, 2.45) is 0 Å². The van der Waals surface area contributed by atoms with Gasteiger partial charge in [-0.2, -0.15) is 12.7 Å². The first-order valence-electron chi connectivity index (χ1n) is 7.32. The van der Waals surface area contributed by atoms with Crippen molar-refractivity contribution < 1.29 is 17.6 Å². The fourth-order valence-electron chi connectivity index (χ4n) is 3.07. The minimum Gasteiger partial charge on any atom is -0.431 e. The Kier molecular flexibility index (Phi) is 3.73. The Hall–Kier alpha value is -1.53. The number of nitrogens with zero attached hydrogens (tertiary/aromatic N) is 1. The second kappa shape index (κ2) is 5.74. The molecule has 0 unspecified atom stereocenters. The number of hydrogen-bond acceptors (Lipinski definition) is 7. The first-order chi connectivity index (χ1) is 12.8. The van der Waals surface area contributed by atoms with Crippen LogP contribution >= 0.6 is 54.5 Å². The maximum absolute atomic E-state index is 13.1. The van der Waals surface area contributed by atoms with Gasteiger partial charge in [0.05, 0.1) is 35.2 Å². The van der Waals surface area contributed by atoms with Crippen molar-refractivity contribution in [2.75, 3.05) is 4.31 Å². The fraction of sp³-hybridized carbons (Fsp3) is 0. The van der Waals surface area contributed by atoms with Crippen LogP contribution in [0.1, 0.15) is 10.4 Å². The number of anilines is 1. The minimum atomic E-state index is -4.03. The molecular formula is C16H5Br2NO5S3. The van der Waals surface area contributed by atoms with E-state index in [9.17, 15) is 18.0 Å². The Bertz CT molecular complexity index is 1460. The largest absolute Gasteiger partial charge is 0.431 e. The highest BCUT2D eigenvalue weighted by Crippen LogP contribution is 2.51. The predicted octanol–water partition coefficient (Wildman–Crippen LogP) is 4.94. The molecule has 4 aromatic rings. The summed E-state index contributed by atoms with van der Waals surface area (Å²) < 4.78 is 34.0. The van der Waals surface area contributed by atoms with Crippen LogP contribution in [0, 0.1) is 0 Å². The molecule has 3 aromatic heterocycles. The fourth-order valence-corrected chi connectivity index (χ4v) is 9.71. The van der Waals surface area contributed by atoms with E-state index in [1.807, 2.05) is 0 Å². The number of carbonyl (C=O) groups excluding carboxylic acids is 1. The molecule has 0 bridgehead atoms. The Labute approximate surface area is 176 Å². The van der Waals surface area contributed by atoms with Gasteiger partial charge in [-0.3, -0.25) is 4.79 Å². The van der Waals surface area contributed by atoms with Crippen LogP contribution < -0.4 is 9.93 Å². The quantitative estimate of drug-likeness (QED) is 0.337. The average Bonchev–Trinajstić information content (AvgIpc) is 3.19. The number of thiophene rings is 2. The van der Waals surface area contributed by atoms with Crippen LogP contribution in [0.3, 0.4) is 0 Å². The number of amides is 1. The third kappa shape index (κ3) is 2.29. The average molecular weight is 547 g/mol. The number of sulfonamides is 1. The van der Waals surface area contributed by atoms with E-state index in [1.54, 1.807) is 6.07 Å². The van der Waals surface area contributed by atoms with Gasteiger partial charge >= 0.3 is 5.63 Å². The number of carbonyl (C=O) groups is 1. The standard InChI is InChI=1S/C16H5Br2NO5S3/c17-12-9-10-14(20)19(27(22,23)16(10)25-11(9)13(18)26-12)7-1-2-8-6(5-7)3-4-24-15(8)21/h1-5H. The summed E-state index contributed by atoms with van der Waals surface area (Å²) in [6.07, 6.45) is 1.23. The van der Waals surface area contributed by atoms with Crippen molar-refractivity contribution in [2.45, 2.75) is 4.21 Å². The zero-order valence-electron chi connectivity index (χ0n) is 12.9. The Balaban J connectivity index is 1.77. The van der Waals surface area contributed by atoms with Gasteiger partial charge in [0.15, 0.2) is 4.21 Å². The summed E-state index contributed by atoms with van der Waals surface area (Å²) >= 11 is 9.29. The first-order valence-corrected chi connectivity index (χ1v) is 12.0. The van der Waals surface area contributed by atoms with Crippen LogP contribution in [0.15, 0.2) is 51.5 Å². The van der Waals surface area contributed by atoms with E-state index in [-0.39, 0.29) is 15.5 Å². The SMILES string of the molecule is O=C1c2c(sc3c(Br)sc(Br)c23)S(=O)(=O)N1c1ccc2c(=O)occc2c1. The summed E-state index contributed by atoms with van der Waals surface area (Å²) in [6, 6.07) is 5.93. The van der Waals surface area contributed by atoms with Crippen molar-refractivity contribution in [3.8, 4) is 0 Å². The Morgan fingerprint density at radius 3 is 2.59 bits per heavy atom. The smallest absolute Gasteiger partial charge is 0.343 e. The molecular weight excluding hydrogens is 542 g/mol. The highest BCUT2D eigenvalue weighted by Gasteiger charge is 2.46. The molecule has 1 amide bonds. The summed E-state index contributed by atoms with van der Waals surface area (Å²) in [7, 11) is -4.03. The van der Waals surface area contributed by atoms with Crippen LogP contribution in [0.25, 0.3) is 20.9 Å². The molecule has 27 heavy (non-hydrogen) atoms. The molecule has 0 saturated heterocycles. The van der Waals surface area contributed by atoms with Crippen molar-refractivity contribution in [3.63, 3.8) is 0 Å². The maximum atomic E-state index is 13.1. The summed E-state index contributed by atoms with van der Waals surface area (Å²) in [6.45, 7) is 0. The second-order valence-electron chi connectivity index (χ2n) is 5.67. The van der Waals surface area contributed by atoms with Crippen molar-refractivity contribution >= 4 is 97.0 Å². The number of rotatable bonds is 1. The Morgan fingerprint density at radius 2 is 1.81 bits per heavy atom. The summed E-state index contributed by atoms with van der Waals surface area (Å²) in [4.78, 5) is 24.8. The molecule has 1 aliphatic rings. The van der Waals surface area contributed by atoms with Crippen LogP contribution in [0.2, 0.25) is 0 Å². The topological polar surface area (TPSA) is 84.7 Å². The van der Waals surface area contributed by atoms with Gasteiger partial charge in [-0.25, -0.2) is 4.79 Å². The minimum absolute atomic E-state index is 0.0272. The zero-order chi connectivity index (χ0) is 19.1. The number of fused-ring (bicyclic) bond motifs is 4. The van der Waals surface area contributed by atoms with E-state index in [1.165, 1.54) is 35.8 Å². The molecule has 0 aliphatic carbocycles. The van der Waals surface area contributed by atoms with Gasteiger partial charge in [0.2, 0.25) is 0 Å². The van der Waals surface area contributed by atoms with Gasteiger partial charge in [-0.05, 0) is 61.5 Å². The van der Waals surface area contributed by atoms with Gasteiger partial charge in [-0.1, -0.05) is 0 Å². The Morgan fingerprint density at radius 1 is 1.04 bits per heavy atom. The van der Waals surface area contributed by atoms with E-state index < -0.39 is 21.6 Å². The van der Waals surface area contributed by atoms with Crippen molar-refractivity contribution in [1.29, 1.82) is 0 Å². The van der Waals surface area contributed by atoms with Gasteiger partial charge in [0, 0.05) is 5.39 Å². The lowest BCUT2D eigenvalue weighted by molar-refractivity contribution is 0.101. The van der Waals surface area contributed by atoms with E-state index >= 15 is 0 Å². The lowest BCUT2D eigenvalue weighted by Gasteiger charge is -2.15. The van der Waals surface area contributed by atoms with Crippen LogP contribution in [0.4, 0.5) is 5.69 Å². The van der Waals surface area contributed by atoms with Crippen LogP contribution in [-0.4, -0.2) is 14.3 Å². The van der Waals surface area contributed by atoms with Crippen molar-refractivity contribution in [3.05, 3.63) is 54.1 Å². The summed E-state index contributed by atoms with van der Waals surface area (Å²) in [5, 5.41) is 1.41. The van der Waals surface area contributed by atoms with Gasteiger partial charge in [0.25, 0.3) is 15.9 Å². The van der Waals surface area contributed by atoms with E-state index in [0.29, 0.717) is 19.9 Å². The molecule has 0 fully saturated rings. The molecule has 136 valence electrons. The van der Waals surface area contributed by atoms with Crippen molar-refractivity contribution in [1.82, 2.24) is 0 Å². The maximum Gasteiger partial charge on any atom is 0.343 e. The monoisotopic (exact) mass is 545 g/mol. The van der Waals surface area contributed by atoms with Gasteiger partial charge in [0.1, 0.15) is 0 Å². The van der Waals surface area contributed by atoms with E-state index in [0.717, 1.165) is 24.1 Å². The molecule has 0 saturated carbocycles. The van der Waals surface area contributed by atoms with Gasteiger partial charge < -0.3 is 4.42 Å². The molecule has 1 aromatic carbocycles. The second-order valence-corrected chi connectivity index (χ2v) is 12.3. The summed E-state index contributed by atoms with van der Waals surface area (Å²) in [5.74, 6) is -0.607. The molecule has 0 N–H and O–H groups in total. The molecule has 0 atom stereocenters. The predicted molar refractivity (Wildman–Crippen MR) is 112 cm³/mol. The summed E-state index contributed by atoms with van der Waals surface area (Å²) in [5.41, 5.74) is -0.168. The lowest BCUT2D eigenvalue weighted by atomic mass is 10.1. The highest BCUT2D eigenvalue weighted by molar-refractivity contribution is 9.12. The van der Waals surface area contributed by atoms with E-state index in [4.69, 9.17) is 4.42 Å². The molecule has 4 heterocycles. The number of hydrogen-bond donors (Lipinski definition) is 0. The molecule has 0 radical (unpaired) electrons. The lowest BCUT2D eigenvalue weighted by Crippen LogP contribution is -2.29. The zero-order valence-corrected chi connectivity index (χ0v) is 18.5. The highest BCUT2D eigenvalue weighted by atomic mass is 79.9. The molecule has 5 rings (SSSR count). The number of benzene rings is 1. The third-order valence-corrected chi connectivity index (χ3v) is 10.6. The molecule has 0 spiro atoms. The number of halogens is 2. The van der Waals surface area contributed by atoms with Crippen LogP contribution in [-0.2, 0) is 10.0 Å². The normalized spacial score (nSPS) is 15.8. The first kappa shape index (κ1) is 17.6. The van der Waals surface area contributed by atoms with Crippen LogP contribution in [0.5, 0.6) is 0 Å².